The molecule has 1 saturated carbocycles. The highest BCUT2D eigenvalue weighted by atomic mass is 35.5. The molecular weight excluding hydrogens is 442 g/mol. The minimum Gasteiger partial charge on any atom is -0.506 e. The summed E-state index contributed by atoms with van der Waals surface area (Å²) in [7, 11) is 0. The predicted molar refractivity (Wildman–Crippen MR) is 117 cm³/mol. The summed E-state index contributed by atoms with van der Waals surface area (Å²) in [6.45, 7) is 0. The van der Waals surface area contributed by atoms with Crippen molar-refractivity contribution in [3.05, 3.63) is 55.5 Å². The van der Waals surface area contributed by atoms with Crippen molar-refractivity contribution in [2.45, 2.75) is 37.8 Å². The van der Waals surface area contributed by atoms with Crippen molar-refractivity contribution in [2.75, 3.05) is 0 Å². The molecule has 1 aliphatic rings. The van der Waals surface area contributed by atoms with E-state index in [1.54, 1.807) is 24.6 Å². The normalized spacial score (nSPS) is 20.3. The summed E-state index contributed by atoms with van der Waals surface area (Å²) in [6, 6.07) is 6.06. The van der Waals surface area contributed by atoms with Crippen molar-refractivity contribution in [3.8, 4) is 11.5 Å². The first-order chi connectivity index (χ1) is 13.3. The van der Waals surface area contributed by atoms with Crippen LogP contribution in [0.25, 0.3) is 0 Å². The van der Waals surface area contributed by atoms with Gasteiger partial charge in [-0.25, -0.2) is 0 Å². The van der Waals surface area contributed by atoms with Crippen molar-refractivity contribution in [1.82, 2.24) is 0 Å². The topological polar surface area (TPSA) is 65.2 Å². The number of rotatable bonds is 4. The largest absolute Gasteiger partial charge is 0.506 e. The lowest BCUT2D eigenvalue weighted by Gasteiger charge is -2.25. The van der Waals surface area contributed by atoms with Gasteiger partial charge in [-0.05, 0) is 37.1 Å². The van der Waals surface area contributed by atoms with E-state index in [9.17, 15) is 10.2 Å². The number of halogens is 4. The summed E-state index contributed by atoms with van der Waals surface area (Å²) in [4.78, 5) is 9.23. The zero-order valence-corrected chi connectivity index (χ0v) is 17.8. The van der Waals surface area contributed by atoms with Gasteiger partial charge in [-0.2, -0.15) is 0 Å². The van der Waals surface area contributed by atoms with Gasteiger partial charge in [0.15, 0.2) is 0 Å². The van der Waals surface area contributed by atoms with Crippen LogP contribution in [-0.4, -0.2) is 34.7 Å². The molecule has 1 aliphatic carbocycles. The number of phenols is 2. The molecule has 0 heterocycles. The van der Waals surface area contributed by atoms with Gasteiger partial charge in [0.05, 0.1) is 22.1 Å². The zero-order valence-electron chi connectivity index (χ0n) is 14.7. The molecule has 0 saturated heterocycles. The second-order valence-corrected chi connectivity index (χ2v) is 8.31. The third-order valence-electron chi connectivity index (χ3n) is 4.62. The summed E-state index contributed by atoms with van der Waals surface area (Å²) in [5.41, 5.74) is 0.926. The van der Waals surface area contributed by atoms with Gasteiger partial charge in [0, 0.05) is 33.6 Å². The molecule has 0 radical (unpaired) electrons. The Morgan fingerprint density at radius 3 is 1.50 bits per heavy atom. The average Bonchev–Trinajstić information content (AvgIpc) is 2.65. The van der Waals surface area contributed by atoms with Crippen LogP contribution in [0.5, 0.6) is 11.5 Å². The van der Waals surface area contributed by atoms with Gasteiger partial charge < -0.3 is 10.2 Å². The SMILES string of the molecule is Oc1c(Cl)cc(Cl)cc1C=N[C@H]1CCCC[C@@H]1N=Cc1cc(Cl)cc(Cl)c1O. The third-order valence-corrected chi connectivity index (χ3v) is 5.63. The van der Waals surface area contributed by atoms with Crippen molar-refractivity contribution in [3.63, 3.8) is 0 Å². The highest BCUT2D eigenvalue weighted by molar-refractivity contribution is 6.36. The Kier molecular flexibility index (Phi) is 7.10. The van der Waals surface area contributed by atoms with Crippen LogP contribution in [0.2, 0.25) is 20.1 Å². The average molecular weight is 460 g/mol. The lowest BCUT2D eigenvalue weighted by atomic mass is 9.91. The molecule has 2 N–H and O–H groups in total. The maximum atomic E-state index is 10.1. The Morgan fingerprint density at radius 2 is 1.11 bits per heavy atom. The number of hydrogen-bond donors (Lipinski definition) is 2. The molecule has 148 valence electrons. The minimum absolute atomic E-state index is 0.0517. The van der Waals surface area contributed by atoms with Crippen LogP contribution in [0.1, 0.15) is 36.8 Å². The summed E-state index contributed by atoms with van der Waals surface area (Å²) in [6.07, 6.45) is 7.00. The highest BCUT2D eigenvalue weighted by Crippen LogP contribution is 2.32. The highest BCUT2D eigenvalue weighted by Gasteiger charge is 2.23. The fourth-order valence-corrected chi connectivity index (χ4v) is 4.18. The number of phenolic OH excluding ortho intramolecular Hbond substituents is 2. The second-order valence-electron chi connectivity index (χ2n) is 6.63. The summed E-state index contributed by atoms with van der Waals surface area (Å²) in [5, 5.41) is 21.4. The molecule has 4 nitrogen and oxygen atoms in total. The Balaban J connectivity index is 1.82. The molecule has 0 aromatic heterocycles. The molecule has 1 fully saturated rings. The number of aliphatic imine (C=N–C) groups is 2. The smallest absolute Gasteiger partial charge is 0.143 e. The van der Waals surface area contributed by atoms with Crippen molar-refractivity contribution in [2.24, 2.45) is 9.98 Å². The molecule has 2 aromatic carbocycles. The van der Waals surface area contributed by atoms with E-state index in [2.05, 4.69) is 9.98 Å². The molecule has 2 atom stereocenters. The Labute approximate surface area is 183 Å². The van der Waals surface area contributed by atoms with Gasteiger partial charge in [0.2, 0.25) is 0 Å². The molecule has 0 amide bonds. The molecule has 0 spiro atoms. The monoisotopic (exact) mass is 458 g/mol. The second kappa shape index (κ2) is 9.36. The Bertz CT molecular complexity index is 855. The molecule has 0 bridgehead atoms. The molecule has 0 aliphatic heterocycles. The van der Waals surface area contributed by atoms with E-state index >= 15 is 0 Å². The van der Waals surface area contributed by atoms with Crippen molar-refractivity contribution in [1.29, 1.82) is 0 Å². The van der Waals surface area contributed by atoms with Crippen LogP contribution < -0.4 is 0 Å². The van der Waals surface area contributed by atoms with Crippen molar-refractivity contribution < 1.29 is 10.2 Å². The molecular formula is C20H18Cl4N2O2. The first-order valence-corrected chi connectivity index (χ1v) is 10.3. The summed E-state index contributed by atoms with van der Waals surface area (Å²) < 4.78 is 0. The van der Waals surface area contributed by atoms with Gasteiger partial charge in [0.25, 0.3) is 0 Å². The van der Waals surface area contributed by atoms with E-state index in [1.165, 1.54) is 12.1 Å². The van der Waals surface area contributed by atoms with E-state index in [4.69, 9.17) is 46.4 Å². The lowest BCUT2D eigenvalue weighted by Crippen LogP contribution is -2.27. The molecule has 28 heavy (non-hydrogen) atoms. The van der Waals surface area contributed by atoms with Gasteiger partial charge in [-0.1, -0.05) is 59.2 Å². The minimum atomic E-state index is -0.0565. The third kappa shape index (κ3) is 5.12. The van der Waals surface area contributed by atoms with Crippen LogP contribution in [0.3, 0.4) is 0 Å². The predicted octanol–water partition coefficient (Wildman–Crippen LogP) is 6.56. The van der Waals surface area contributed by atoms with Crippen LogP contribution >= 0.6 is 46.4 Å². The van der Waals surface area contributed by atoms with E-state index in [0.29, 0.717) is 21.2 Å². The standard InChI is InChI=1S/C20H18Cl4N2O2/c21-13-5-11(19(27)15(23)7-13)9-25-17-3-1-2-4-18(17)26-10-12-6-14(22)8-16(24)20(12)28/h5-10,17-18,27-28H,1-4H2/t17-,18-/m0/s1. The van der Waals surface area contributed by atoms with E-state index in [0.717, 1.165) is 25.7 Å². The van der Waals surface area contributed by atoms with E-state index in [-0.39, 0.29) is 33.6 Å². The van der Waals surface area contributed by atoms with Crippen LogP contribution in [0, 0.1) is 0 Å². The summed E-state index contributed by atoms with van der Waals surface area (Å²) in [5.74, 6) is -0.103. The number of hydrogen-bond acceptors (Lipinski definition) is 4. The molecule has 0 unspecified atom stereocenters. The lowest BCUT2D eigenvalue weighted by molar-refractivity contribution is 0.390. The zero-order chi connectivity index (χ0) is 20.3. The van der Waals surface area contributed by atoms with Crippen LogP contribution in [0.4, 0.5) is 0 Å². The number of aromatic hydroxyl groups is 2. The first-order valence-electron chi connectivity index (χ1n) is 8.77. The van der Waals surface area contributed by atoms with Crippen LogP contribution in [0.15, 0.2) is 34.3 Å². The van der Waals surface area contributed by atoms with Crippen LogP contribution in [-0.2, 0) is 0 Å². The van der Waals surface area contributed by atoms with E-state index < -0.39 is 0 Å². The Morgan fingerprint density at radius 1 is 0.714 bits per heavy atom. The number of benzene rings is 2. The molecule has 2 aromatic rings. The van der Waals surface area contributed by atoms with Gasteiger partial charge in [-0.15, -0.1) is 0 Å². The maximum absolute atomic E-state index is 10.1. The molecule has 3 rings (SSSR count). The fraction of sp³-hybridized carbons (Fsp3) is 0.300. The maximum Gasteiger partial charge on any atom is 0.143 e. The quantitative estimate of drug-likeness (QED) is 0.508. The van der Waals surface area contributed by atoms with Crippen molar-refractivity contribution >= 4 is 58.8 Å². The summed E-state index contributed by atoms with van der Waals surface area (Å²) >= 11 is 23.9. The fourth-order valence-electron chi connectivity index (χ4n) is 3.16. The Hall–Kier alpha value is -1.46. The van der Waals surface area contributed by atoms with Gasteiger partial charge >= 0.3 is 0 Å². The van der Waals surface area contributed by atoms with Gasteiger partial charge in [-0.3, -0.25) is 9.98 Å². The first kappa shape index (κ1) is 21.3. The van der Waals surface area contributed by atoms with E-state index in [1.807, 2.05) is 0 Å². The molecule has 8 heteroatoms. The van der Waals surface area contributed by atoms with Gasteiger partial charge in [0.1, 0.15) is 11.5 Å². The number of nitrogens with zero attached hydrogens (tertiary/aromatic N) is 2.